The zero-order valence-corrected chi connectivity index (χ0v) is 22.2. The van der Waals surface area contributed by atoms with E-state index in [1.807, 2.05) is 0 Å². The van der Waals surface area contributed by atoms with Crippen LogP contribution >= 0.6 is 0 Å². The third kappa shape index (κ3) is 6.61. The second-order valence-corrected chi connectivity index (χ2v) is 9.97. The monoisotopic (exact) mass is 571 g/mol. The first-order valence-corrected chi connectivity index (χ1v) is 13.0. The molecular weight excluding hydrogens is 543 g/mol. The zero-order chi connectivity index (χ0) is 29.1. The van der Waals surface area contributed by atoms with Crippen molar-refractivity contribution in [3.63, 3.8) is 0 Å². The van der Waals surface area contributed by atoms with Gasteiger partial charge in [-0.2, -0.15) is 9.78 Å². The number of alkyl halides is 2. The van der Waals surface area contributed by atoms with E-state index in [1.165, 1.54) is 47.4 Å². The third-order valence-corrected chi connectivity index (χ3v) is 6.98. The van der Waals surface area contributed by atoms with Gasteiger partial charge in [0.15, 0.2) is 6.61 Å². The van der Waals surface area contributed by atoms with Crippen molar-refractivity contribution >= 4 is 23.5 Å². The van der Waals surface area contributed by atoms with E-state index in [4.69, 9.17) is 9.47 Å². The SMILES string of the molecule is CN1C(=O)C(NC(=O)n2cc(Cc3cccc(F)c3)cn2)COc2ccc(OCC(=O)N3CCC(F)(F)CC3)cc21. The van der Waals surface area contributed by atoms with Gasteiger partial charge in [0, 0.05) is 51.7 Å². The number of nitrogens with zero attached hydrogens (tertiary/aromatic N) is 4. The zero-order valence-electron chi connectivity index (χ0n) is 22.2. The van der Waals surface area contributed by atoms with E-state index in [-0.39, 0.29) is 50.7 Å². The van der Waals surface area contributed by atoms with Crippen molar-refractivity contribution < 1.29 is 37.0 Å². The van der Waals surface area contributed by atoms with Crippen molar-refractivity contribution in [3.8, 4) is 11.5 Å². The number of halogens is 3. The van der Waals surface area contributed by atoms with Gasteiger partial charge in [-0.3, -0.25) is 9.59 Å². The highest BCUT2D eigenvalue weighted by atomic mass is 19.3. The Labute approximate surface area is 233 Å². The molecule has 216 valence electrons. The summed E-state index contributed by atoms with van der Waals surface area (Å²) in [5.41, 5.74) is 1.77. The number of anilines is 1. The summed E-state index contributed by atoms with van der Waals surface area (Å²) in [7, 11) is 1.52. The van der Waals surface area contributed by atoms with Crippen LogP contribution in [0.25, 0.3) is 0 Å². The maximum Gasteiger partial charge on any atom is 0.342 e. The number of likely N-dealkylation sites (N-methyl/N-ethyl adjacent to an activating group) is 1. The van der Waals surface area contributed by atoms with Crippen LogP contribution in [0.3, 0.4) is 0 Å². The number of likely N-dealkylation sites (tertiary alicyclic amines) is 1. The Morgan fingerprint density at radius 1 is 1.15 bits per heavy atom. The molecule has 3 aromatic rings. The molecule has 1 aromatic heterocycles. The minimum Gasteiger partial charge on any atom is -0.489 e. The van der Waals surface area contributed by atoms with Crippen molar-refractivity contribution in [2.45, 2.75) is 31.2 Å². The second kappa shape index (κ2) is 11.5. The number of hydrogen-bond donors (Lipinski definition) is 1. The fourth-order valence-corrected chi connectivity index (χ4v) is 4.65. The Morgan fingerprint density at radius 3 is 2.68 bits per heavy atom. The number of amides is 3. The molecule has 1 N–H and O–H groups in total. The van der Waals surface area contributed by atoms with Crippen LogP contribution in [-0.2, 0) is 16.0 Å². The summed E-state index contributed by atoms with van der Waals surface area (Å²) in [6, 6.07) is 9.12. The summed E-state index contributed by atoms with van der Waals surface area (Å²) < 4.78 is 52.7. The highest BCUT2D eigenvalue weighted by Crippen LogP contribution is 2.34. The first-order chi connectivity index (χ1) is 19.6. The molecule has 2 aliphatic rings. The summed E-state index contributed by atoms with van der Waals surface area (Å²) in [5.74, 6) is -3.32. The normalized spacial score (nSPS) is 18.2. The Hall–Kier alpha value is -4.55. The smallest absolute Gasteiger partial charge is 0.342 e. The lowest BCUT2D eigenvalue weighted by Crippen LogP contribution is -2.50. The largest absolute Gasteiger partial charge is 0.489 e. The van der Waals surface area contributed by atoms with E-state index in [1.54, 1.807) is 24.3 Å². The number of carbonyl (C=O) groups is 3. The summed E-state index contributed by atoms with van der Waals surface area (Å²) in [6.07, 6.45) is 2.61. The average molecular weight is 572 g/mol. The minimum absolute atomic E-state index is 0.0373. The van der Waals surface area contributed by atoms with Gasteiger partial charge in [-0.15, -0.1) is 0 Å². The molecule has 5 rings (SSSR count). The molecule has 0 spiro atoms. The summed E-state index contributed by atoms with van der Waals surface area (Å²) in [4.78, 5) is 41.1. The molecule has 0 saturated carbocycles. The van der Waals surface area contributed by atoms with Crippen LogP contribution in [0.5, 0.6) is 11.5 Å². The molecule has 3 amide bonds. The molecule has 2 aliphatic heterocycles. The van der Waals surface area contributed by atoms with Gasteiger partial charge in [0.2, 0.25) is 0 Å². The van der Waals surface area contributed by atoms with Crippen molar-refractivity contribution in [1.29, 1.82) is 0 Å². The van der Waals surface area contributed by atoms with Crippen LogP contribution in [0.15, 0.2) is 54.9 Å². The Kier molecular flexibility index (Phi) is 7.86. The molecule has 2 aromatic carbocycles. The molecule has 0 radical (unpaired) electrons. The van der Waals surface area contributed by atoms with Crippen molar-refractivity contribution in [2.75, 3.05) is 38.3 Å². The van der Waals surface area contributed by atoms with Crippen LogP contribution in [0.2, 0.25) is 0 Å². The van der Waals surface area contributed by atoms with Gasteiger partial charge in [0.05, 0.1) is 11.9 Å². The number of rotatable bonds is 6. The lowest BCUT2D eigenvalue weighted by molar-refractivity contribution is -0.139. The van der Waals surface area contributed by atoms with Crippen molar-refractivity contribution in [2.24, 2.45) is 0 Å². The fraction of sp³-hybridized carbons (Fsp3) is 0.357. The minimum atomic E-state index is -2.76. The summed E-state index contributed by atoms with van der Waals surface area (Å²) in [5, 5.41) is 6.68. The van der Waals surface area contributed by atoms with Crippen LogP contribution in [0.4, 0.5) is 23.7 Å². The molecule has 1 fully saturated rings. The number of nitrogens with one attached hydrogen (secondary N) is 1. The van der Waals surface area contributed by atoms with Crippen LogP contribution < -0.4 is 19.7 Å². The van der Waals surface area contributed by atoms with Crippen molar-refractivity contribution in [3.05, 3.63) is 71.8 Å². The van der Waals surface area contributed by atoms with E-state index < -0.39 is 29.8 Å². The molecule has 0 aliphatic carbocycles. The molecule has 0 bridgehead atoms. The fourth-order valence-electron chi connectivity index (χ4n) is 4.65. The van der Waals surface area contributed by atoms with Gasteiger partial charge in [0.25, 0.3) is 17.7 Å². The van der Waals surface area contributed by atoms with E-state index in [0.29, 0.717) is 23.4 Å². The molecule has 1 atom stereocenters. The molecule has 10 nitrogen and oxygen atoms in total. The first-order valence-electron chi connectivity index (χ1n) is 13.0. The molecule has 1 unspecified atom stereocenters. The maximum absolute atomic E-state index is 13.5. The lowest BCUT2D eigenvalue weighted by atomic mass is 10.1. The number of piperidine rings is 1. The maximum atomic E-state index is 13.5. The quantitative estimate of drug-likeness (QED) is 0.487. The number of aromatic nitrogens is 2. The topological polar surface area (TPSA) is 106 Å². The molecule has 1 saturated heterocycles. The van der Waals surface area contributed by atoms with Crippen molar-refractivity contribution in [1.82, 2.24) is 20.0 Å². The Bertz CT molecular complexity index is 1450. The van der Waals surface area contributed by atoms with Gasteiger partial charge in [0.1, 0.15) is 30.0 Å². The molecule has 13 heteroatoms. The van der Waals surface area contributed by atoms with Gasteiger partial charge < -0.3 is 24.6 Å². The highest BCUT2D eigenvalue weighted by Gasteiger charge is 2.36. The number of hydrogen-bond acceptors (Lipinski definition) is 6. The number of ether oxygens (including phenoxy) is 2. The second-order valence-electron chi connectivity index (χ2n) is 9.97. The molecule has 3 heterocycles. The first kappa shape index (κ1) is 28.0. The predicted octanol–water partition coefficient (Wildman–Crippen LogP) is 3.23. The van der Waals surface area contributed by atoms with Gasteiger partial charge in [-0.05, 0) is 35.4 Å². The number of fused-ring (bicyclic) bond motifs is 1. The van der Waals surface area contributed by atoms with E-state index in [9.17, 15) is 27.6 Å². The Morgan fingerprint density at radius 2 is 1.93 bits per heavy atom. The molecule has 41 heavy (non-hydrogen) atoms. The van der Waals surface area contributed by atoms with E-state index in [2.05, 4.69) is 10.4 Å². The number of benzene rings is 2. The standard InChI is InChI=1S/C28H28F3N5O5/c1-34-23-13-21(40-17-25(37)35-9-7-28(30,31)8-10-35)5-6-24(23)41-16-22(26(34)38)33-27(39)36-15-19(14-32-36)11-18-3-2-4-20(29)12-18/h2-6,12-15,22H,7-11,16-17H2,1H3,(H,33,39). The predicted molar refractivity (Wildman–Crippen MR) is 141 cm³/mol. The summed E-state index contributed by atoms with van der Waals surface area (Å²) in [6.45, 7) is -0.556. The van der Waals surface area contributed by atoms with Gasteiger partial charge >= 0.3 is 6.03 Å². The van der Waals surface area contributed by atoms with Crippen LogP contribution in [0.1, 0.15) is 24.0 Å². The average Bonchev–Trinajstić information content (AvgIpc) is 3.38. The van der Waals surface area contributed by atoms with E-state index >= 15 is 0 Å². The van der Waals surface area contributed by atoms with Crippen LogP contribution in [-0.4, -0.2) is 77.8 Å². The number of carbonyl (C=O) groups excluding carboxylic acids is 3. The summed E-state index contributed by atoms with van der Waals surface area (Å²) >= 11 is 0. The van der Waals surface area contributed by atoms with E-state index in [0.717, 1.165) is 10.2 Å². The van der Waals surface area contributed by atoms with Gasteiger partial charge in [-0.25, -0.2) is 18.0 Å². The highest BCUT2D eigenvalue weighted by molar-refractivity contribution is 6.00. The van der Waals surface area contributed by atoms with Crippen LogP contribution in [0, 0.1) is 5.82 Å². The molecular formula is C28H28F3N5O5. The lowest BCUT2D eigenvalue weighted by Gasteiger charge is -2.31. The van der Waals surface area contributed by atoms with Gasteiger partial charge in [-0.1, -0.05) is 12.1 Å². The Balaban J connectivity index is 1.18. The third-order valence-electron chi connectivity index (χ3n) is 6.98.